The summed E-state index contributed by atoms with van der Waals surface area (Å²) in [5.74, 6) is -0.228. The monoisotopic (exact) mass is 361 g/mol. The third kappa shape index (κ3) is 5.60. The van der Waals surface area contributed by atoms with Crippen molar-refractivity contribution in [1.29, 1.82) is 0 Å². The molecule has 1 atom stereocenters. The lowest BCUT2D eigenvalue weighted by Gasteiger charge is -2.14. The van der Waals surface area contributed by atoms with Crippen molar-refractivity contribution < 1.29 is 19.1 Å². The summed E-state index contributed by atoms with van der Waals surface area (Å²) in [7, 11) is 0. The van der Waals surface area contributed by atoms with Gasteiger partial charge in [-0.2, -0.15) is 0 Å². The molecular formula is C19H23NO4S. The van der Waals surface area contributed by atoms with E-state index < -0.39 is 5.97 Å². The molecule has 1 heterocycles. The molecule has 0 aliphatic rings. The van der Waals surface area contributed by atoms with E-state index in [0.29, 0.717) is 5.75 Å². The van der Waals surface area contributed by atoms with Crippen molar-refractivity contribution in [3.8, 4) is 5.75 Å². The van der Waals surface area contributed by atoms with Gasteiger partial charge in [-0.15, -0.1) is 11.3 Å². The molecule has 5 nitrogen and oxygen atoms in total. The first kappa shape index (κ1) is 19.0. The molecule has 0 aliphatic carbocycles. The molecule has 0 fully saturated rings. The Morgan fingerprint density at radius 2 is 1.84 bits per heavy atom. The van der Waals surface area contributed by atoms with Crippen molar-refractivity contribution >= 4 is 23.2 Å². The Labute approximate surface area is 152 Å². The second-order valence-corrected chi connectivity index (χ2v) is 6.96. The van der Waals surface area contributed by atoms with Crippen LogP contribution >= 0.6 is 11.3 Å². The predicted molar refractivity (Wildman–Crippen MR) is 98.0 cm³/mol. The number of esters is 1. The highest BCUT2D eigenvalue weighted by atomic mass is 32.1. The molecule has 1 aromatic carbocycles. The van der Waals surface area contributed by atoms with Crippen molar-refractivity contribution in [3.05, 3.63) is 51.2 Å². The zero-order valence-electron chi connectivity index (χ0n) is 14.9. The second kappa shape index (κ2) is 8.67. The number of amides is 1. The van der Waals surface area contributed by atoms with E-state index in [9.17, 15) is 9.59 Å². The Morgan fingerprint density at radius 3 is 2.44 bits per heavy atom. The van der Waals surface area contributed by atoms with E-state index in [1.807, 2.05) is 57.3 Å². The molecule has 0 radical (unpaired) electrons. The quantitative estimate of drug-likeness (QED) is 0.767. The summed E-state index contributed by atoms with van der Waals surface area (Å²) in [5, 5.41) is 4.74. The lowest BCUT2D eigenvalue weighted by molar-refractivity contribution is -0.150. The normalized spacial score (nSPS) is 11.7. The number of nitrogens with one attached hydrogen (secondary N) is 1. The minimum atomic E-state index is -0.571. The van der Waals surface area contributed by atoms with Crippen LogP contribution < -0.4 is 10.1 Å². The molecule has 1 amide bonds. The van der Waals surface area contributed by atoms with Gasteiger partial charge in [-0.25, -0.2) is 4.79 Å². The number of rotatable bonds is 7. The Balaban J connectivity index is 1.76. The minimum absolute atomic E-state index is 0.111. The van der Waals surface area contributed by atoms with Crippen LogP contribution in [0.5, 0.6) is 5.75 Å². The van der Waals surface area contributed by atoms with Crippen LogP contribution in [0.2, 0.25) is 0 Å². The fourth-order valence-electron chi connectivity index (χ4n) is 2.61. The van der Waals surface area contributed by atoms with Crippen LogP contribution in [0.1, 0.15) is 34.5 Å². The summed E-state index contributed by atoms with van der Waals surface area (Å²) in [6.45, 7) is 7.22. The Morgan fingerprint density at radius 1 is 1.16 bits per heavy atom. The van der Waals surface area contributed by atoms with E-state index in [0.717, 1.165) is 21.6 Å². The van der Waals surface area contributed by atoms with Crippen molar-refractivity contribution in [2.45, 2.75) is 33.7 Å². The number of benzene rings is 1. The van der Waals surface area contributed by atoms with Gasteiger partial charge in [0.2, 0.25) is 0 Å². The average Bonchev–Trinajstić information content (AvgIpc) is 3.06. The molecule has 25 heavy (non-hydrogen) atoms. The molecule has 0 saturated carbocycles. The third-order valence-corrected chi connectivity index (χ3v) is 4.71. The predicted octanol–water partition coefficient (Wildman–Crippen LogP) is 3.47. The number of ether oxygens (including phenoxy) is 2. The maximum Gasteiger partial charge on any atom is 0.344 e. The first-order valence-electron chi connectivity index (χ1n) is 8.06. The summed E-state index contributed by atoms with van der Waals surface area (Å²) < 4.78 is 10.5. The van der Waals surface area contributed by atoms with Crippen molar-refractivity contribution in [3.63, 3.8) is 0 Å². The van der Waals surface area contributed by atoms with Crippen LogP contribution in [0.15, 0.2) is 29.6 Å². The number of thiophene rings is 1. The number of hydrogen-bond donors (Lipinski definition) is 1. The highest BCUT2D eigenvalue weighted by Gasteiger charge is 2.14. The Kier molecular flexibility index (Phi) is 6.58. The summed E-state index contributed by atoms with van der Waals surface area (Å²) in [6.07, 6.45) is 0. The Bertz CT molecular complexity index is 717. The van der Waals surface area contributed by atoms with E-state index >= 15 is 0 Å². The van der Waals surface area contributed by atoms with Crippen LogP contribution in [0.25, 0.3) is 0 Å². The highest BCUT2D eigenvalue weighted by Crippen LogP contribution is 2.24. The maximum absolute atomic E-state index is 11.8. The van der Waals surface area contributed by atoms with E-state index in [-0.39, 0.29) is 25.2 Å². The lowest BCUT2D eigenvalue weighted by atomic mass is 10.1. The summed E-state index contributed by atoms with van der Waals surface area (Å²) >= 11 is 1.56. The molecule has 1 N–H and O–H groups in total. The first-order chi connectivity index (χ1) is 11.9. The number of aryl methyl sites for hydroxylation is 3. The topological polar surface area (TPSA) is 64.6 Å². The maximum atomic E-state index is 11.8. The molecule has 2 aromatic rings. The molecule has 2 rings (SSSR count). The van der Waals surface area contributed by atoms with Crippen molar-refractivity contribution in [1.82, 2.24) is 5.32 Å². The third-order valence-electron chi connectivity index (χ3n) is 3.65. The molecular weight excluding hydrogens is 338 g/mol. The van der Waals surface area contributed by atoms with Gasteiger partial charge in [0, 0.05) is 4.88 Å². The van der Waals surface area contributed by atoms with Gasteiger partial charge in [0.05, 0.1) is 6.04 Å². The summed E-state index contributed by atoms with van der Waals surface area (Å²) in [5.41, 5.74) is 3.07. The molecule has 0 unspecified atom stereocenters. The van der Waals surface area contributed by atoms with Crippen LogP contribution in [-0.4, -0.2) is 25.1 Å². The number of carbonyl (C=O) groups excluding carboxylic acids is 2. The highest BCUT2D eigenvalue weighted by molar-refractivity contribution is 7.10. The van der Waals surface area contributed by atoms with Gasteiger partial charge >= 0.3 is 5.97 Å². The van der Waals surface area contributed by atoms with Gasteiger partial charge in [-0.05, 0) is 50.3 Å². The summed E-state index contributed by atoms with van der Waals surface area (Å²) in [6, 6.07) is 7.75. The molecule has 0 saturated heterocycles. The fraction of sp³-hybridized carbons (Fsp3) is 0.368. The molecule has 6 heteroatoms. The average molecular weight is 361 g/mol. The first-order valence-corrected chi connectivity index (χ1v) is 8.94. The fourth-order valence-corrected chi connectivity index (χ4v) is 3.34. The van der Waals surface area contributed by atoms with Crippen LogP contribution in [-0.2, 0) is 14.3 Å². The van der Waals surface area contributed by atoms with E-state index in [2.05, 4.69) is 5.32 Å². The van der Waals surface area contributed by atoms with Crippen molar-refractivity contribution in [2.24, 2.45) is 0 Å². The SMILES string of the molecule is Cc1cc(C)c(OCC(=O)OCC(=O)N[C@@H](C)c2cccs2)c(C)c1. The number of hydrogen-bond acceptors (Lipinski definition) is 5. The van der Waals surface area contributed by atoms with Crippen molar-refractivity contribution in [2.75, 3.05) is 13.2 Å². The summed E-state index contributed by atoms with van der Waals surface area (Å²) in [4.78, 5) is 24.7. The molecule has 1 aromatic heterocycles. The minimum Gasteiger partial charge on any atom is -0.481 e. The molecule has 0 bridgehead atoms. The van der Waals surface area contributed by atoms with Crippen LogP contribution in [0.3, 0.4) is 0 Å². The van der Waals surface area contributed by atoms with E-state index in [1.165, 1.54) is 0 Å². The van der Waals surface area contributed by atoms with Gasteiger partial charge in [-0.1, -0.05) is 23.8 Å². The van der Waals surface area contributed by atoms with Gasteiger partial charge < -0.3 is 14.8 Å². The smallest absolute Gasteiger partial charge is 0.344 e. The standard InChI is InChI=1S/C19H23NO4S/c1-12-8-13(2)19(14(3)9-12)24-11-18(22)23-10-17(21)20-15(4)16-6-5-7-25-16/h5-9,15H,10-11H2,1-4H3,(H,20,21)/t15-/m0/s1. The zero-order valence-corrected chi connectivity index (χ0v) is 15.7. The van der Waals surface area contributed by atoms with Gasteiger partial charge in [0.15, 0.2) is 13.2 Å². The van der Waals surface area contributed by atoms with Crippen LogP contribution in [0.4, 0.5) is 0 Å². The van der Waals surface area contributed by atoms with Gasteiger partial charge in [-0.3, -0.25) is 4.79 Å². The number of carbonyl (C=O) groups is 2. The molecule has 0 aliphatic heterocycles. The second-order valence-electron chi connectivity index (χ2n) is 5.98. The van der Waals surface area contributed by atoms with Crippen LogP contribution in [0, 0.1) is 20.8 Å². The molecule has 0 spiro atoms. The van der Waals surface area contributed by atoms with E-state index in [4.69, 9.17) is 9.47 Å². The lowest BCUT2D eigenvalue weighted by Crippen LogP contribution is -2.31. The van der Waals surface area contributed by atoms with Gasteiger partial charge in [0.1, 0.15) is 5.75 Å². The molecule has 134 valence electrons. The Hall–Kier alpha value is -2.34. The van der Waals surface area contributed by atoms with Gasteiger partial charge in [0.25, 0.3) is 5.91 Å². The zero-order chi connectivity index (χ0) is 18.4. The largest absolute Gasteiger partial charge is 0.481 e. The van der Waals surface area contributed by atoms with E-state index in [1.54, 1.807) is 11.3 Å².